The van der Waals surface area contributed by atoms with Crippen LogP contribution >= 0.6 is 12.2 Å². The van der Waals surface area contributed by atoms with E-state index in [1.54, 1.807) is 0 Å². The Balaban J connectivity index is 1.13. The van der Waals surface area contributed by atoms with Crippen molar-refractivity contribution in [3.05, 3.63) is 112 Å². The van der Waals surface area contributed by atoms with Crippen molar-refractivity contribution in [1.82, 2.24) is 15.3 Å². The molecule has 3 aliphatic heterocycles. The Bertz CT molecular complexity index is 1570. The van der Waals surface area contributed by atoms with Crippen LogP contribution in [0.5, 0.6) is 0 Å². The first kappa shape index (κ1) is 28.7. The predicted octanol–water partition coefficient (Wildman–Crippen LogP) is 5.78. The first-order chi connectivity index (χ1) is 21.5. The van der Waals surface area contributed by atoms with E-state index in [-0.39, 0.29) is 11.2 Å². The average Bonchev–Trinajstić information content (AvgIpc) is 3.07. The second-order valence-electron chi connectivity index (χ2n) is 12.0. The minimum absolute atomic E-state index is 0.200. The van der Waals surface area contributed by atoms with Gasteiger partial charge in [-0.25, -0.2) is 4.39 Å². The number of nitrogens with one attached hydrogen (secondary N) is 2. The van der Waals surface area contributed by atoms with Crippen LogP contribution in [-0.2, 0) is 36.1 Å². The van der Waals surface area contributed by atoms with Gasteiger partial charge in [0, 0.05) is 57.4 Å². The topological polar surface area (TPSA) is 65.6 Å². The fourth-order valence-electron chi connectivity index (χ4n) is 6.71. The van der Waals surface area contributed by atoms with Crippen LogP contribution < -0.4 is 20.4 Å². The number of ether oxygens (including phenoxy) is 1. The van der Waals surface area contributed by atoms with Crippen molar-refractivity contribution in [3.8, 4) is 0 Å². The number of halogens is 1. The Labute approximate surface area is 263 Å². The molecule has 1 aromatic heterocycles. The standard InChI is InChI=1S/C35H37FN6OS/c36-30-11-9-29(10-12-30)35(15-19-43-20-16-35)24-37-34(44)40-33-38-31(41-17-13-25-5-1-3-7-27(25)22-41)21-32(39-33)42-18-14-26-6-2-4-8-28(26)23-42/h1-12,21H,13-20,22-24H2,(H2,37,38,39,40,44). The zero-order valence-corrected chi connectivity index (χ0v) is 25.6. The van der Waals surface area contributed by atoms with Gasteiger partial charge in [0.1, 0.15) is 17.5 Å². The van der Waals surface area contributed by atoms with Crippen molar-refractivity contribution in [3.63, 3.8) is 0 Å². The minimum Gasteiger partial charge on any atom is -0.381 e. The molecule has 0 bridgehead atoms. The maximum atomic E-state index is 13.7. The molecule has 0 spiro atoms. The lowest BCUT2D eigenvalue weighted by Crippen LogP contribution is -2.45. The molecule has 7 rings (SSSR count). The molecule has 44 heavy (non-hydrogen) atoms. The molecule has 4 heterocycles. The van der Waals surface area contributed by atoms with Gasteiger partial charge in [0.25, 0.3) is 0 Å². The summed E-state index contributed by atoms with van der Waals surface area (Å²) in [4.78, 5) is 14.6. The lowest BCUT2D eigenvalue weighted by Gasteiger charge is -2.38. The number of hydrogen-bond donors (Lipinski definition) is 2. The van der Waals surface area contributed by atoms with E-state index in [2.05, 4.69) is 75.0 Å². The summed E-state index contributed by atoms with van der Waals surface area (Å²) in [5.41, 5.74) is 6.36. The molecule has 7 nitrogen and oxygen atoms in total. The molecule has 0 saturated carbocycles. The Kier molecular flexibility index (Phi) is 8.14. The Morgan fingerprint density at radius 2 is 1.34 bits per heavy atom. The summed E-state index contributed by atoms with van der Waals surface area (Å²) in [5, 5.41) is 7.22. The van der Waals surface area contributed by atoms with E-state index in [0.29, 0.717) is 30.8 Å². The van der Waals surface area contributed by atoms with Crippen LogP contribution in [0.2, 0.25) is 0 Å². The lowest BCUT2D eigenvalue weighted by atomic mass is 9.74. The first-order valence-corrected chi connectivity index (χ1v) is 15.9. The fourth-order valence-corrected chi connectivity index (χ4v) is 6.88. The Morgan fingerprint density at radius 3 is 1.91 bits per heavy atom. The van der Waals surface area contributed by atoms with E-state index < -0.39 is 0 Å². The quantitative estimate of drug-likeness (QED) is 0.268. The summed E-state index contributed by atoms with van der Waals surface area (Å²) in [5.74, 6) is 2.03. The molecule has 1 saturated heterocycles. The second kappa shape index (κ2) is 12.5. The highest BCUT2D eigenvalue weighted by Gasteiger charge is 2.35. The molecule has 0 amide bonds. The minimum atomic E-state index is -0.233. The molecule has 0 aliphatic carbocycles. The van der Waals surface area contributed by atoms with Gasteiger partial charge in [0.2, 0.25) is 5.95 Å². The summed E-state index contributed by atoms with van der Waals surface area (Å²) in [6.07, 6.45) is 3.61. The van der Waals surface area contributed by atoms with Gasteiger partial charge >= 0.3 is 0 Å². The second-order valence-corrected chi connectivity index (χ2v) is 12.4. The Hall–Kier alpha value is -4.08. The summed E-state index contributed by atoms with van der Waals surface area (Å²) >= 11 is 5.81. The van der Waals surface area contributed by atoms with Crippen LogP contribution in [0.1, 0.15) is 40.7 Å². The maximum absolute atomic E-state index is 13.7. The van der Waals surface area contributed by atoms with Crippen molar-refractivity contribution >= 4 is 34.9 Å². The number of nitrogens with zero attached hydrogens (tertiary/aromatic N) is 4. The number of aromatic nitrogens is 2. The van der Waals surface area contributed by atoms with Gasteiger partial charge in [-0.15, -0.1) is 0 Å². The smallest absolute Gasteiger partial charge is 0.232 e. The van der Waals surface area contributed by atoms with Gasteiger partial charge in [-0.1, -0.05) is 60.7 Å². The monoisotopic (exact) mass is 608 g/mol. The van der Waals surface area contributed by atoms with E-state index in [9.17, 15) is 4.39 Å². The van der Waals surface area contributed by atoms with Gasteiger partial charge < -0.3 is 25.2 Å². The Morgan fingerprint density at radius 1 is 0.795 bits per heavy atom. The predicted molar refractivity (Wildman–Crippen MR) is 177 cm³/mol. The van der Waals surface area contributed by atoms with Crippen LogP contribution in [0.3, 0.4) is 0 Å². The van der Waals surface area contributed by atoms with E-state index in [1.807, 2.05) is 12.1 Å². The van der Waals surface area contributed by atoms with Gasteiger partial charge in [-0.3, -0.25) is 0 Å². The maximum Gasteiger partial charge on any atom is 0.232 e. The highest BCUT2D eigenvalue weighted by Crippen LogP contribution is 2.35. The summed E-state index contributed by atoms with van der Waals surface area (Å²) in [7, 11) is 0. The molecule has 3 aliphatic rings. The van der Waals surface area contributed by atoms with Crippen molar-refractivity contribution in [1.29, 1.82) is 0 Å². The largest absolute Gasteiger partial charge is 0.381 e. The average molecular weight is 609 g/mol. The van der Waals surface area contributed by atoms with Gasteiger partial charge in [-0.2, -0.15) is 9.97 Å². The number of hydrogen-bond acceptors (Lipinski definition) is 6. The number of benzene rings is 3. The van der Waals surface area contributed by atoms with Gasteiger partial charge in [0.15, 0.2) is 5.11 Å². The van der Waals surface area contributed by atoms with Crippen molar-refractivity contribution in [2.45, 2.75) is 44.2 Å². The lowest BCUT2D eigenvalue weighted by molar-refractivity contribution is 0.0515. The van der Waals surface area contributed by atoms with E-state index >= 15 is 0 Å². The molecule has 0 radical (unpaired) electrons. The molecule has 2 N–H and O–H groups in total. The molecule has 0 atom stereocenters. The zero-order valence-electron chi connectivity index (χ0n) is 24.8. The number of anilines is 3. The number of rotatable bonds is 6. The van der Waals surface area contributed by atoms with Crippen molar-refractivity contribution in [2.75, 3.05) is 48.0 Å². The van der Waals surface area contributed by atoms with Gasteiger partial charge in [0.05, 0.1) is 0 Å². The highest BCUT2D eigenvalue weighted by atomic mass is 32.1. The van der Waals surface area contributed by atoms with E-state index in [0.717, 1.165) is 69.1 Å². The third-order valence-corrected chi connectivity index (χ3v) is 9.57. The molecule has 3 aromatic carbocycles. The molecule has 1 fully saturated rings. The number of thiocarbonyl (C=S) groups is 1. The van der Waals surface area contributed by atoms with Crippen molar-refractivity contribution < 1.29 is 9.13 Å². The normalized spacial score (nSPS) is 17.4. The fraction of sp³-hybridized carbons (Fsp3) is 0.343. The summed E-state index contributed by atoms with van der Waals surface area (Å²) < 4.78 is 19.4. The molecule has 0 unspecified atom stereocenters. The van der Waals surface area contributed by atoms with Crippen LogP contribution in [0, 0.1) is 5.82 Å². The molecule has 4 aromatic rings. The van der Waals surface area contributed by atoms with Crippen molar-refractivity contribution in [2.24, 2.45) is 0 Å². The van der Waals surface area contributed by atoms with Crippen LogP contribution in [-0.4, -0.2) is 47.9 Å². The number of fused-ring (bicyclic) bond motifs is 2. The first-order valence-electron chi connectivity index (χ1n) is 15.5. The van der Waals surface area contributed by atoms with E-state index in [4.69, 9.17) is 26.9 Å². The zero-order chi connectivity index (χ0) is 29.9. The molecular weight excluding hydrogens is 571 g/mol. The third-order valence-electron chi connectivity index (χ3n) is 9.33. The SMILES string of the molecule is Fc1ccc(C2(CNC(=S)Nc3nc(N4CCc5ccccc5C4)cc(N4CCc5ccccc5C4)n3)CCOCC2)cc1. The highest BCUT2D eigenvalue weighted by molar-refractivity contribution is 7.80. The van der Waals surface area contributed by atoms with Crippen LogP contribution in [0.15, 0.2) is 78.9 Å². The van der Waals surface area contributed by atoms with Crippen LogP contribution in [0.25, 0.3) is 0 Å². The molecular formula is C35H37FN6OS. The molecule has 9 heteroatoms. The van der Waals surface area contributed by atoms with Crippen LogP contribution in [0.4, 0.5) is 22.0 Å². The third kappa shape index (κ3) is 6.12. The van der Waals surface area contributed by atoms with E-state index in [1.165, 1.54) is 34.4 Å². The van der Waals surface area contributed by atoms with Gasteiger partial charge in [-0.05, 0) is 77.9 Å². The summed E-state index contributed by atoms with van der Waals surface area (Å²) in [6.45, 7) is 5.31. The summed E-state index contributed by atoms with van der Waals surface area (Å²) in [6, 6.07) is 26.2. The molecule has 226 valence electrons.